The molecule has 2 N–H and O–H groups in total. The van der Waals surface area contributed by atoms with Crippen LogP contribution >= 0.6 is 12.2 Å². The number of nitrogens with one attached hydrogen (secondary N) is 2. The van der Waals surface area contributed by atoms with Gasteiger partial charge in [0.2, 0.25) is 0 Å². The second-order valence-electron chi connectivity index (χ2n) is 5.25. The molecule has 0 amide bonds. The highest BCUT2D eigenvalue weighted by atomic mass is 32.1. The summed E-state index contributed by atoms with van der Waals surface area (Å²) in [7, 11) is 0. The fraction of sp³-hybridized carbons (Fsp3) is 0.500. The summed E-state index contributed by atoms with van der Waals surface area (Å²) < 4.78 is 0. The number of fused-ring (bicyclic) bond motifs is 2. The van der Waals surface area contributed by atoms with Crippen molar-refractivity contribution in [3.05, 3.63) is 30.3 Å². The maximum Gasteiger partial charge on any atom is 0.171 e. The maximum atomic E-state index is 5.37. The van der Waals surface area contributed by atoms with Crippen LogP contribution in [0, 0.1) is 11.8 Å². The fourth-order valence-electron chi connectivity index (χ4n) is 3.28. The van der Waals surface area contributed by atoms with Crippen LogP contribution in [0.2, 0.25) is 0 Å². The first-order chi connectivity index (χ1) is 8.31. The van der Waals surface area contributed by atoms with Crippen molar-refractivity contribution in [1.29, 1.82) is 0 Å². The van der Waals surface area contributed by atoms with E-state index >= 15 is 0 Å². The molecule has 3 atom stereocenters. The van der Waals surface area contributed by atoms with Gasteiger partial charge >= 0.3 is 0 Å². The Labute approximate surface area is 108 Å². The third-order valence-electron chi connectivity index (χ3n) is 4.09. The van der Waals surface area contributed by atoms with E-state index in [0.717, 1.165) is 22.6 Å². The third-order valence-corrected chi connectivity index (χ3v) is 4.31. The minimum Gasteiger partial charge on any atom is -0.359 e. The van der Waals surface area contributed by atoms with Crippen molar-refractivity contribution in [3.63, 3.8) is 0 Å². The Balaban J connectivity index is 1.54. The number of anilines is 1. The van der Waals surface area contributed by atoms with Crippen LogP contribution in [0.4, 0.5) is 5.69 Å². The molecule has 0 unspecified atom stereocenters. The molecule has 0 saturated heterocycles. The van der Waals surface area contributed by atoms with Gasteiger partial charge in [0.15, 0.2) is 5.11 Å². The van der Waals surface area contributed by atoms with Gasteiger partial charge in [0.05, 0.1) is 0 Å². The average Bonchev–Trinajstić information content (AvgIpc) is 2.92. The van der Waals surface area contributed by atoms with Crippen molar-refractivity contribution in [1.82, 2.24) is 5.32 Å². The van der Waals surface area contributed by atoms with Crippen LogP contribution in [-0.4, -0.2) is 11.2 Å². The molecule has 17 heavy (non-hydrogen) atoms. The van der Waals surface area contributed by atoms with Gasteiger partial charge in [-0.15, -0.1) is 0 Å². The SMILES string of the molecule is S=C(Nc1ccccc1)N[C@H]1C[C@@H]2CC[C@H]1C2. The van der Waals surface area contributed by atoms with Crippen LogP contribution in [0.1, 0.15) is 25.7 Å². The highest BCUT2D eigenvalue weighted by Gasteiger charge is 2.39. The molecule has 2 aliphatic carbocycles. The lowest BCUT2D eigenvalue weighted by molar-refractivity contribution is 0.392. The van der Waals surface area contributed by atoms with Crippen LogP contribution in [0.25, 0.3) is 0 Å². The summed E-state index contributed by atoms with van der Waals surface area (Å²) in [5.41, 5.74) is 1.06. The highest BCUT2D eigenvalue weighted by Crippen LogP contribution is 2.44. The molecule has 3 heteroatoms. The molecule has 2 nitrogen and oxygen atoms in total. The molecule has 2 fully saturated rings. The van der Waals surface area contributed by atoms with E-state index in [4.69, 9.17) is 12.2 Å². The summed E-state index contributed by atoms with van der Waals surface area (Å²) in [6.45, 7) is 0. The van der Waals surface area contributed by atoms with E-state index in [1.54, 1.807) is 0 Å². The summed E-state index contributed by atoms with van der Waals surface area (Å²) in [5, 5.41) is 7.50. The molecule has 3 rings (SSSR count). The van der Waals surface area contributed by atoms with E-state index in [0.29, 0.717) is 6.04 Å². The highest BCUT2D eigenvalue weighted by molar-refractivity contribution is 7.80. The Morgan fingerprint density at radius 3 is 2.59 bits per heavy atom. The van der Waals surface area contributed by atoms with Crippen LogP contribution in [-0.2, 0) is 0 Å². The molecular formula is C14H18N2S. The zero-order valence-electron chi connectivity index (χ0n) is 9.86. The molecule has 0 aromatic heterocycles. The molecule has 0 radical (unpaired) electrons. The lowest BCUT2D eigenvalue weighted by atomic mass is 9.96. The number of hydrogen-bond donors (Lipinski definition) is 2. The maximum absolute atomic E-state index is 5.37. The summed E-state index contributed by atoms with van der Waals surface area (Å²) in [4.78, 5) is 0. The summed E-state index contributed by atoms with van der Waals surface area (Å²) in [5.74, 6) is 1.81. The fourth-order valence-corrected chi connectivity index (χ4v) is 3.55. The van der Waals surface area contributed by atoms with Gasteiger partial charge in [-0.3, -0.25) is 0 Å². The first-order valence-electron chi connectivity index (χ1n) is 6.44. The Bertz CT molecular complexity index is 404. The van der Waals surface area contributed by atoms with E-state index in [9.17, 15) is 0 Å². The summed E-state index contributed by atoms with van der Waals surface area (Å²) in [6.07, 6.45) is 5.53. The minimum absolute atomic E-state index is 0.609. The number of para-hydroxylation sites is 1. The predicted octanol–water partition coefficient (Wildman–Crippen LogP) is 3.16. The molecule has 2 bridgehead atoms. The van der Waals surface area contributed by atoms with E-state index in [1.165, 1.54) is 25.7 Å². The van der Waals surface area contributed by atoms with Gasteiger partial charge in [0, 0.05) is 11.7 Å². The minimum atomic E-state index is 0.609. The zero-order chi connectivity index (χ0) is 11.7. The van der Waals surface area contributed by atoms with E-state index in [-0.39, 0.29) is 0 Å². The number of rotatable bonds is 2. The van der Waals surface area contributed by atoms with Gasteiger partial charge in [-0.1, -0.05) is 24.6 Å². The van der Waals surface area contributed by atoms with E-state index in [2.05, 4.69) is 10.6 Å². The van der Waals surface area contributed by atoms with Crippen molar-refractivity contribution >= 4 is 23.0 Å². The van der Waals surface area contributed by atoms with Crippen molar-refractivity contribution in [2.75, 3.05) is 5.32 Å². The van der Waals surface area contributed by atoms with Gasteiger partial charge in [-0.25, -0.2) is 0 Å². The zero-order valence-corrected chi connectivity index (χ0v) is 10.7. The lowest BCUT2D eigenvalue weighted by Crippen LogP contribution is -2.40. The second-order valence-corrected chi connectivity index (χ2v) is 5.65. The molecule has 1 aromatic rings. The Morgan fingerprint density at radius 2 is 1.94 bits per heavy atom. The van der Waals surface area contributed by atoms with E-state index in [1.807, 2.05) is 30.3 Å². The summed E-state index contributed by atoms with van der Waals surface area (Å²) in [6, 6.07) is 10.7. The lowest BCUT2D eigenvalue weighted by Gasteiger charge is -2.24. The largest absolute Gasteiger partial charge is 0.359 e. The topological polar surface area (TPSA) is 24.1 Å². The smallest absolute Gasteiger partial charge is 0.171 e. The molecule has 1 aromatic carbocycles. The number of benzene rings is 1. The van der Waals surface area contributed by atoms with Gasteiger partial charge < -0.3 is 10.6 Å². The van der Waals surface area contributed by atoms with Crippen molar-refractivity contribution in [2.24, 2.45) is 11.8 Å². The van der Waals surface area contributed by atoms with Crippen molar-refractivity contribution in [2.45, 2.75) is 31.7 Å². The monoisotopic (exact) mass is 246 g/mol. The van der Waals surface area contributed by atoms with E-state index < -0.39 is 0 Å². The Kier molecular flexibility index (Phi) is 3.02. The second kappa shape index (κ2) is 4.65. The average molecular weight is 246 g/mol. The molecule has 90 valence electrons. The standard InChI is InChI=1S/C14H18N2S/c17-14(15-12-4-2-1-3-5-12)16-13-9-10-6-7-11(13)8-10/h1-5,10-11,13H,6-9H2,(H2,15,16,17)/t10-,11+,13+/m1/s1. The Morgan fingerprint density at radius 1 is 1.12 bits per heavy atom. The van der Waals surface area contributed by atoms with Crippen molar-refractivity contribution in [3.8, 4) is 0 Å². The van der Waals surface area contributed by atoms with Crippen LogP contribution in [0.15, 0.2) is 30.3 Å². The van der Waals surface area contributed by atoms with Gasteiger partial charge in [-0.2, -0.15) is 0 Å². The number of hydrogen-bond acceptors (Lipinski definition) is 1. The summed E-state index contributed by atoms with van der Waals surface area (Å²) >= 11 is 5.37. The normalized spacial score (nSPS) is 30.2. The molecule has 2 saturated carbocycles. The molecule has 0 spiro atoms. The first kappa shape index (κ1) is 11.0. The third kappa shape index (κ3) is 2.44. The molecule has 2 aliphatic rings. The van der Waals surface area contributed by atoms with Gasteiger partial charge in [0.1, 0.15) is 0 Å². The van der Waals surface area contributed by atoms with Crippen molar-refractivity contribution < 1.29 is 0 Å². The van der Waals surface area contributed by atoms with Crippen LogP contribution in [0.5, 0.6) is 0 Å². The quantitative estimate of drug-likeness (QED) is 0.784. The van der Waals surface area contributed by atoms with Crippen LogP contribution < -0.4 is 10.6 Å². The van der Waals surface area contributed by atoms with Gasteiger partial charge in [-0.05, 0) is 55.4 Å². The van der Waals surface area contributed by atoms with Crippen LogP contribution in [0.3, 0.4) is 0 Å². The number of thiocarbonyl (C=S) groups is 1. The molecule has 0 aliphatic heterocycles. The predicted molar refractivity (Wildman–Crippen MR) is 75.0 cm³/mol. The molecule has 0 heterocycles. The Hall–Kier alpha value is -1.09. The molecular weight excluding hydrogens is 228 g/mol. The van der Waals surface area contributed by atoms with Gasteiger partial charge in [0.25, 0.3) is 0 Å². The first-order valence-corrected chi connectivity index (χ1v) is 6.84.